The molecule has 0 radical (unpaired) electrons. The van der Waals surface area contributed by atoms with Crippen molar-refractivity contribution < 1.29 is 9.72 Å². The van der Waals surface area contributed by atoms with Crippen molar-refractivity contribution in [2.24, 2.45) is 0 Å². The van der Waals surface area contributed by atoms with Gasteiger partial charge in [0.2, 0.25) is 0 Å². The fraction of sp³-hybridized carbons (Fsp3) is 0.188. The summed E-state index contributed by atoms with van der Waals surface area (Å²) in [5.74, 6) is 1.01. The molecule has 2 aromatic carbocycles. The van der Waals surface area contributed by atoms with Gasteiger partial charge in [0.1, 0.15) is 5.56 Å². The second kappa shape index (κ2) is 8.92. The van der Waals surface area contributed by atoms with E-state index in [1.54, 1.807) is 11.8 Å². The molecule has 0 unspecified atom stereocenters. The first kappa shape index (κ1) is 18.6. The van der Waals surface area contributed by atoms with Gasteiger partial charge in [0.05, 0.1) is 4.92 Å². The number of nitro benzene ring substituents is 1. The van der Waals surface area contributed by atoms with Crippen LogP contribution in [0.1, 0.15) is 15.9 Å². The van der Waals surface area contributed by atoms with Crippen molar-refractivity contribution >= 4 is 46.6 Å². The number of amides is 1. The molecule has 0 aliphatic heterocycles. The SMILES string of the molecule is O=C(NCCSCc1ccc(Cl)cc1)c1ccc(Cl)cc1[N+](=O)[O-]. The third-order valence-electron chi connectivity index (χ3n) is 3.12. The normalized spacial score (nSPS) is 10.4. The van der Waals surface area contributed by atoms with E-state index in [9.17, 15) is 14.9 Å². The van der Waals surface area contributed by atoms with Gasteiger partial charge in [0, 0.05) is 34.2 Å². The average Bonchev–Trinajstić information content (AvgIpc) is 2.56. The summed E-state index contributed by atoms with van der Waals surface area (Å²) in [7, 11) is 0. The van der Waals surface area contributed by atoms with E-state index in [-0.39, 0.29) is 16.3 Å². The molecular weight excluding hydrogens is 371 g/mol. The second-order valence-corrected chi connectivity index (χ2v) is 6.83. The van der Waals surface area contributed by atoms with Gasteiger partial charge in [-0.1, -0.05) is 35.3 Å². The van der Waals surface area contributed by atoms with Crippen LogP contribution in [0.2, 0.25) is 10.0 Å². The van der Waals surface area contributed by atoms with Crippen molar-refractivity contribution in [3.8, 4) is 0 Å². The Bertz CT molecular complexity index is 739. The summed E-state index contributed by atoms with van der Waals surface area (Å²) in [6, 6.07) is 11.6. The van der Waals surface area contributed by atoms with Gasteiger partial charge in [-0.2, -0.15) is 11.8 Å². The molecule has 24 heavy (non-hydrogen) atoms. The Balaban J connectivity index is 1.81. The van der Waals surface area contributed by atoms with E-state index >= 15 is 0 Å². The van der Waals surface area contributed by atoms with Gasteiger partial charge in [-0.05, 0) is 29.8 Å². The predicted octanol–water partition coefficient (Wildman–Crippen LogP) is 4.56. The van der Waals surface area contributed by atoms with Gasteiger partial charge < -0.3 is 5.32 Å². The molecule has 1 amide bonds. The third kappa shape index (κ3) is 5.40. The molecule has 0 aliphatic rings. The first-order valence-electron chi connectivity index (χ1n) is 7.01. The molecule has 0 saturated carbocycles. The maximum Gasteiger partial charge on any atom is 0.283 e. The number of nitro groups is 1. The zero-order chi connectivity index (χ0) is 17.5. The van der Waals surface area contributed by atoms with Crippen LogP contribution < -0.4 is 5.32 Å². The van der Waals surface area contributed by atoms with E-state index in [1.165, 1.54) is 18.2 Å². The van der Waals surface area contributed by atoms with Gasteiger partial charge in [-0.15, -0.1) is 0 Å². The molecule has 0 aliphatic carbocycles. The Hall–Kier alpha value is -1.76. The number of rotatable bonds is 7. The van der Waals surface area contributed by atoms with E-state index < -0.39 is 10.8 Å². The summed E-state index contributed by atoms with van der Waals surface area (Å²) in [6.45, 7) is 0.414. The lowest BCUT2D eigenvalue weighted by Crippen LogP contribution is -2.26. The lowest BCUT2D eigenvalue weighted by molar-refractivity contribution is -0.385. The van der Waals surface area contributed by atoms with E-state index in [0.717, 1.165) is 11.3 Å². The summed E-state index contributed by atoms with van der Waals surface area (Å²) < 4.78 is 0. The number of hydrogen-bond acceptors (Lipinski definition) is 4. The van der Waals surface area contributed by atoms with Crippen molar-refractivity contribution in [3.05, 3.63) is 73.8 Å². The first-order chi connectivity index (χ1) is 11.5. The fourth-order valence-electron chi connectivity index (χ4n) is 1.95. The molecule has 2 aromatic rings. The van der Waals surface area contributed by atoms with Crippen LogP contribution in [0.15, 0.2) is 42.5 Å². The highest BCUT2D eigenvalue weighted by Gasteiger charge is 2.20. The third-order valence-corrected chi connectivity index (χ3v) is 4.63. The standard InChI is InChI=1S/C16H14Cl2N2O3S/c17-12-3-1-11(2-4-12)10-24-8-7-19-16(21)14-6-5-13(18)9-15(14)20(22)23/h1-6,9H,7-8,10H2,(H,19,21). The van der Waals surface area contributed by atoms with Crippen LogP contribution in [0.4, 0.5) is 5.69 Å². The maximum absolute atomic E-state index is 12.1. The Morgan fingerprint density at radius 2 is 1.79 bits per heavy atom. The monoisotopic (exact) mass is 384 g/mol. The number of benzene rings is 2. The summed E-state index contributed by atoms with van der Waals surface area (Å²) in [4.78, 5) is 22.4. The van der Waals surface area contributed by atoms with Crippen molar-refractivity contribution in [2.45, 2.75) is 5.75 Å². The van der Waals surface area contributed by atoms with Gasteiger partial charge >= 0.3 is 0 Å². The van der Waals surface area contributed by atoms with Gasteiger partial charge in [-0.3, -0.25) is 14.9 Å². The number of hydrogen-bond donors (Lipinski definition) is 1. The van der Waals surface area contributed by atoms with Gasteiger partial charge in [-0.25, -0.2) is 0 Å². The average molecular weight is 385 g/mol. The molecular formula is C16H14Cl2N2O3S. The minimum Gasteiger partial charge on any atom is -0.351 e. The Kier molecular flexibility index (Phi) is 6.90. The van der Waals surface area contributed by atoms with Crippen LogP contribution in [0.3, 0.4) is 0 Å². The molecule has 0 heterocycles. The summed E-state index contributed by atoms with van der Waals surface area (Å²) in [5, 5.41) is 14.6. The van der Waals surface area contributed by atoms with E-state index in [0.29, 0.717) is 17.3 Å². The van der Waals surface area contributed by atoms with Crippen molar-refractivity contribution in [1.82, 2.24) is 5.32 Å². The van der Waals surface area contributed by atoms with Crippen LogP contribution in [-0.2, 0) is 5.75 Å². The molecule has 0 fully saturated rings. The minimum atomic E-state index is -0.615. The molecule has 0 bridgehead atoms. The maximum atomic E-state index is 12.1. The largest absolute Gasteiger partial charge is 0.351 e. The van der Waals surface area contributed by atoms with Gasteiger partial charge in [0.15, 0.2) is 0 Å². The smallest absolute Gasteiger partial charge is 0.283 e. The molecule has 0 spiro atoms. The summed E-state index contributed by atoms with van der Waals surface area (Å²) in [6.07, 6.45) is 0. The zero-order valence-corrected chi connectivity index (χ0v) is 14.8. The number of halogens is 2. The lowest BCUT2D eigenvalue weighted by atomic mass is 10.1. The van der Waals surface area contributed by atoms with Gasteiger partial charge in [0.25, 0.3) is 11.6 Å². The quantitative estimate of drug-likeness (QED) is 0.431. The Morgan fingerprint density at radius 1 is 1.12 bits per heavy atom. The van der Waals surface area contributed by atoms with E-state index in [4.69, 9.17) is 23.2 Å². The number of thioether (sulfide) groups is 1. The summed E-state index contributed by atoms with van der Waals surface area (Å²) in [5.41, 5.74) is 0.852. The van der Waals surface area contributed by atoms with Crippen LogP contribution in [-0.4, -0.2) is 23.1 Å². The van der Waals surface area contributed by atoms with E-state index in [1.807, 2.05) is 24.3 Å². The highest BCUT2D eigenvalue weighted by Crippen LogP contribution is 2.23. The predicted molar refractivity (Wildman–Crippen MR) is 98.1 cm³/mol. The summed E-state index contributed by atoms with van der Waals surface area (Å²) >= 11 is 13.2. The molecule has 0 saturated heterocycles. The minimum absolute atomic E-state index is 0.00658. The van der Waals surface area contributed by atoms with Crippen LogP contribution in [0, 0.1) is 10.1 Å². The molecule has 1 N–H and O–H groups in total. The number of carbonyl (C=O) groups excluding carboxylic acids is 1. The molecule has 126 valence electrons. The Morgan fingerprint density at radius 3 is 2.46 bits per heavy atom. The molecule has 5 nitrogen and oxygen atoms in total. The lowest BCUT2D eigenvalue weighted by Gasteiger charge is -2.06. The highest BCUT2D eigenvalue weighted by molar-refractivity contribution is 7.98. The van der Waals surface area contributed by atoms with Crippen molar-refractivity contribution in [1.29, 1.82) is 0 Å². The number of nitrogens with zero attached hydrogens (tertiary/aromatic N) is 1. The molecule has 0 aromatic heterocycles. The topological polar surface area (TPSA) is 72.2 Å². The molecule has 0 atom stereocenters. The van der Waals surface area contributed by atoms with Crippen molar-refractivity contribution in [2.75, 3.05) is 12.3 Å². The number of nitrogens with one attached hydrogen (secondary N) is 1. The van der Waals surface area contributed by atoms with Crippen LogP contribution >= 0.6 is 35.0 Å². The first-order valence-corrected chi connectivity index (χ1v) is 8.93. The zero-order valence-electron chi connectivity index (χ0n) is 12.5. The van der Waals surface area contributed by atoms with Crippen LogP contribution in [0.5, 0.6) is 0 Å². The van der Waals surface area contributed by atoms with Crippen LogP contribution in [0.25, 0.3) is 0 Å². The second-order valence-electron chi connectivity index (χ2n) is 4.85. The van der Waals surface area contributed by atoms with E-state index in [2.05, 4.69) is 5.32 Å². The van der Waals surface area contributed by atoms with Crippen molar-refractivity contribution in [3.63, 3.8) is 0 Å². The Labute approximate surface area is 153 Å². The number of carbonyl (C=O) groups is 1. The highest BCUT2D eigenvalue weighted by atomic mass is 35.5. The molecule has 2 rings (SSSR count). The molecule has 8 heteroatoms. The fourth-order valence-corrected chi connectivity index (χ4v) is 3.06.